The third kappa shape index (κ3) is 4.37. The Labute approximate surface area is 109 Å². The van der Waals surface area contributed by atoms with E-state index in [1.165, 1.54) is 6.07 Å². The zero-order valence-corrected chi connectivity index (χ0v) is 11.6. The van der Waals surface area contributed by atoms with Gasteiger partial charge in [0.2, 0.25) is 0 Å². The summed E-state index contributed by atoms with van der Waals surface area (Å²) >= 11 is 0. The van der Waals surface area contributed by atoms with E-state index in [1.807, 2.05) is 14.1 Å². The first kappa shape index (κ1) is 15.1. The van der Waals surface area contributed by atoms with Gasteiger partial charge in [0.25, 0.3) is 0 Å². The summed E-state index contributed by atoms with van der Waals surface area (Å²) in [6.07, 6.45) is 0. The first-order chi connectivity index (χ1) is 8.33. The van der Waals surface area contributed by atoms with E-state index in [0.29, 0.717) is 12.1 Å². The molecule has 102 valence electrons. The topological polar surface area (TPSA) is 35.5 Å². The van der Waals surface area contributed by atoms with Crippen LogP contribution in [0.1, 0.15) is 18.1 Å². The Morgan fingerprint density at radius 1 is 1.39 bits per heavy atom. The van der Waals surface area contributed by atoms with Gasteiger partial charge in [0.05, 0.1) is 5.60 Å². The van der Waals surface area contributed by atoms with Gasteiger partial charge < -0.3 is 15.3 Å². The number of likely N-dealkylation sites (N-methyl/N-ethyl adjacent to an activating group) is 1. The third-order valence-corrected chi connectivity index (χ3v) is 2.98. The van der Waals surface area contributed by atoms with Crippen molar-refractivity contribution >= 4 is 0 Å². The third-order valence-electron chi connectivity index (χ3n) is 2.98. The maximum atomic E-state index is 13.2. The fourth-order valence-electron chi connectivity index (χ4n) is 1.72. The van der Waals surface area contributed by atoms with Crippen LogP contribution in [0.5, 0.6) is 0 Å². The maximum absolute atomic E-state index is 13.2. The van der Waals surface area contributed by atoms with Gasteiger partial charge in [-0.15, -0.1) is 0 Å². The summed E-state index contributed by atoms with van der Waals surface area (Å²) in [7, 11) is 4.01. The van der Waals surface area contributed by atoms with Gasteiger partial charge in [-0.1, -0.05) is 12.1 Å². The molecule has 3 nitrogen and oxygen atoms in total. The minimum atomic E-state index is -0.981. The van der Waals surface area contributed by atoms with Crippen molar-refractivity contribution in [3.8, 4) is 0 Å². The molecule has 0 aromatic heterocycles. The molecule has 4 heteroatoms. The average Bonchev–Trinajstić information content (AvgIpc) is 2.28. The van der Waals surface area contributed by atoms with Crippen LogP contribution in [-0.4, -0.2) is 43.7 Å². The molecule has 0 amide bonds. The van der Waals surface area contributed by atoms with Gasteiger partial charge in [-0.25, -0.2) is 4.39 Å². The standard InChI is InChI=1S/C14H23FN2O/c1-11-9-12(5-6-13(11)15)14(2,18)10-16-7-8-17(3)4/h5-6,9,16,18H,7-8,10H2,1-4H3. The van der Waals surface area contributed by atoms with E-state index >= 15 is 0 Å². The Bertz CT molecular complexity index is 391. The summed E-state index contributed by atoms with van der Waals surface area (Å²) in [6.45, 7) is 5.62. The van der Waals surface area contributed by atoms with Gasteiger partial charge in [-0.2, -0.15) is 0 Å². The molecule has 0 fully saturated rings. The van der Waals surface area contributed by atoms with Crippen molar-refractivity contribution in [2.24, 2.45) is 0 Å². The smallest absolute Gasteiger partial charge is 0.126 e. The largest absolute Gasteiger partial charge is 0.384 e. The van der Waals surface area contributed by atoms with Gasteiger partial charge in [0, 0.05) is 19.6 Å². The van der Waals surface area contributed by atoms with Gasteiger partial charge in [-0.3, -0.25) is 0 Å². The summed E-state index contributed by atoms with van der Waals surface area (Å²) in [5.41, 5.74) is 0.310. The lowest BCUT2D eigenvalue weighted by Gasteiger charge is -2.25. The second-order valence-corrected chi connectivity index (χ2v) is 5.22. The quantitative estimate of drug-likeness (QED) is 0.755. The van der Waals surface area contributed by atoms with Crippen molar-refractivity contribution in [2.45, 2.75) is 19.4 Å². The van der Waals surface area contributed by atoms with Crippen LogP contribution < -0.4 is 5.32 Å². The highest BCUT2D eigenvalue weighted by molar-refractivity contribution is 5.28. The molecule has 0 spiro atoms. The van der Waals surface area contributed by atoms with E-state index in [-0.39, 0.29) is 5.82 Å². The normalized spacial score (nSPS) is 14.8. The summed E-state index contributed by atoms with van der Waals surface area (Å²) in [5.74, 6) is -0.241. The monoisotopic (exact) mass is 254 g/mol. The number of hydrogen-bond donors (Lipinski definition) is 2. The molecule has 0 bridgehead atoms. The fraction of sp³-hybridized carbons (Fsp3) is 0.571. The molecule has 1 unspecified atom stereocenters. The van der Waals surface area contributed by atoms with Gasteiger partial charge in [0.15, 0.2) is 0 Å². The predicted molar refractivity (Wildman–Crippen MR) is 72.1 cm³/mol. The highest BCUT2D eigenvalue weighted by Gasteiger charge is 2.23. The number of nitrogens with one attached hydrogen (secondary N) is 1. The first-order valence-corrected chi connectivity index (χ1v) is 6.17. The van der Waals surface area contributed by atoms with E-state index in [9.17, 15) is 9.50 Å². The second kappa shape index (κ2) is 6.27. The lowest BCUT2D eigenvalue weighted by Crippen LogP contribution is -2.38. The van der Waals surface area contributed by atoms with Crippen LogP contribution in [0.4, 0.5) is 4.39 Å². The lowest BCUT2D eigenvalue weighted by molar-refractivity contribution is 0.0566. The van der Waals surface area contributed by atoms with Crippen molar-refractivity contribution in [1.82, 2.24) is 10.2 Å². The van der Waals surface area contributed by atoms with Crippen LogP contribution in [0.2, 0.25) is 0 Å². The molecule has 0 aliphatic heterocycles. The molecular weight excluding hydrogens is 231 g/mol. The minimum absolute atomic E-state index is 0.241. The molecule has 1 atom stereocenters. The molecule has 1 aromatic carbocycles. The SMILES string of the molecule is Cc1cc(C(C)(O)CNCCN(C)C)ccc1F. The van der Waals surface area contributed by atoms with E-state index in [1.54, 1.807) is 26.0 Å². The number of aliphatic hydroxyl groups is 1. The molecule has 0 heterocycles. The van der Waals surface area contributed by atoms with Crippen LogP contribution in [0.15, 0.2) is 18.2 Å². The van der Waals surface area contributed by atoms with Crippen LogP contribution in [-0.2, 0) is 5.60 Å². The maximum Gasteiger partial charge on any atom is 0.126 e. The fourth-order valence-corrected chi connectivity index (χ4v) is 1.72. The van der Waals surface area contributed by atoms with Crippen molar-refractivity contribution < 1.29 is 9.50 Å². The Balaban J connectivity index is 2.59. The molecule has 1 rings (SSSR count). The Kier molecular flexibility index (Phi) is 5.26. The molecule has 2 N–H and O–H groups in total. The van der Waals surface area contributed by atoms with Crippen LogP contribution in [0.3, 0.4) is 0 Å². The van der Waals surface area contributed by atoms with Crippen molar-refractivity contribution in [3.05, 3.63) is 35.1 Å². The molecule has 18 heavy (non-hydrogen) atoms. The van der Waals surface area contributed by atoms with E-state index in [4.69, 9.17) is 0 Å². The number of benzene rings is 1. The molecule has 0 saturated heterocycles. The number of nitrogens with zero attached hydrogens (tertiary/aromatic N) is 1. The summed E-state index contributed by atoms with van der Waals surface area (Å²) < 4.78 is 13.2. The zero-order chi connectivity index (χ0) is 13.8. The summed E-state index contributed by atoms with van der Waals surface area (Å²) in [4.78, 5) is 2.07. The summed E-state index contributed by atoms with van der Waals surface area (Å²) in [5, 5.41) is 13.6. The molecule has 0 aliphatic rings. The van der Waals surface area contributed by atoms with Crippen molar-refractivity contribution in [3.63, 3.8) is 0 Å². The van der Waals surface area contributed by atoms with Crippen molar-refractivity contribution in [2.75, 3.05) is 33.7 Å². The number of halogens is 1. The Morgan fingerprint density at radius 3 is 2.61 bits per heavy atom. The number of aryl methyl sites for hydroxylation is 1. The van der Waals surface area contributed by atoms with Gasteiger partial charge >= 0.3 is 0 Å². The zero-order valence-electron chi connectivity index (χ0n) is 11.6. The van der Waals surface area contributed by atoms with E-state index in [0.717, 1.165) is 18.7 Å². The van der Waals surface area contributed by atoms with Crippen LogP contribution in [0, 0.1) is 12.7 Å². The highest BCUT2D eigenvalue weighted by atomic mass is 19.1. The molecule has 1 aromatic rings. The average molecular weight is 254 g/mol. The lowest BCUT2D eigenvalue weighted by atomic mass is 9.94. The van der Waals surface area contributed by atoms with Crippen LogP contribution in [0.25, 0.3) is 0 Å². The second-order valence-electron chi connectivity index (χ2n) is 5.22. The van der Waals surface area contributed by atoms with Gasteiger partial charge in [-0.05, 0) is 45.1 Å². The number of rotatable bonds is 6. The Morgan fingerprint density at radius 2 is 2.06 bits per heavy atom. The predicted octanol–water partition coefficient (Wildman–Crippen LogP) is 1.49. The number of hydrogen-bond acceptors (Lipinski definition) is 3. The first-order valence-electron chi connectivity index (χ1n) is 6.17. The van der Waals surface area contributed by atoms with Crippen molar-refractivity contribution in [1.29, 1.82) is 0 Å². The Hall–Kier alpha value is -0.970. The summed E-state index contributed by atoms with van der Waals surface area (Å²) in [6, 6.07) is 4.73. The highest BCUT2D eigenvalue weighted by Crippen LogP contribution is 2.21. The molecule has 0 saturated carbocycles. The van der Waals surface area contributed by atoms with E-state index < -0.39 is 5.60 Å². The molecule has 0 aliphatic carbocycles. The van der Waals surface area contributed by atoms with Crippen LogP contribution >= 0.6 is 0 Å². The van der Waals surface area contributed by atoms with E-state index in [2.05, 4.69) is 10.2 Å². The minimum Gasteiger partial charge on any atom is -0.384 e. The molecule has 0 radical (unpaired) electrons. The molecular formula is C14H23FN2O. The van der Waals surface area contributed by atoms with Gasteiger partial charge in [0.1, 0.15) is 5.82 Å².